The van der Waals surface area contributed by atoms with Crippen LogP contribution in [0.4, 0.5) is 0 Å². The Morgan fingerprint density at radius 2 is 1.90 bits per heavy atom. The molecule has 2 N–H and O–H groups in total. The molecule has 0 heterocycles. The van der Waals surface area contributed by atoms with E-state index in [-0.39, 0.29) is 5.41 Å². The Morgan fingerprint density at radius 3 is 2.50 bits per heavy atom. The molecule has 4 nitrogen and oxygen atoms in total. The Kier molecular flexibility index (Phi) is 7.09. The molecule has 0 aliphatic carbocycles. The van der Waals surface area contributed by atoms with Gasteiger partial charge in [0.1, 0.15) is 0 Å². The second-order valence-electron chi connectivity index (χ2n) is 5.30. The average molecular weight is 277 g/mol. The van der Waals surface area contributed by atoms with Crippen LogP contribution in [0.3, 0.4) is 0 Å². The number of benzene rings is 1. The fourth-order valence-corrected chi connectivity index (χ4v) is 1.90. The van der Waals surface area contributed by atoms with E-state index in [0.717, 1.165) is 25.7 Å². The molecule has 1 aromatic rings. The van der Waals surface area contributed by atoms with Crippen LogP contribution in [0, 0.1) is 0 Å². The van der Waals surface area contributed by atoms with Crippen LogP contribution >= 0.6 is 0 Å². The van der Waals surface area contributed by atoms with Crippen LogP contribution in [0.15, 0.2) is 35.3 Å². The first-order valence-electron chi connectivity index (χ1n) is 7.18. The van der Waals surface area contributed by atoms with Crippen LogP contribution in [0.2, 0.25) is 0 Å². The second-order valence-corrected chi connectivity index (χ2v) is 5.30. The van der Waals surface area contributed by atoms with Crippen LogP contribution in [-0.4, -0.2) is 39.3 Å². The van der Waals surface area contributed by atoms with Crippen LogP contribution < -0.4 is 10.6 Å². The number of hydrogen-bond donors (Lipinski definition) is 2. The molecule has 0 bridgehead atoms. The highest BCUT2D eigenvalue weighted by atomic mass is 16.5. The predicted octanol–water partition coefficient (Wildman–Crippen LogP) is 2.17. The van der Waals surface area contributed by atoms with Gasteiger partial charge in [-0.2, -0.15) is 0 Å². The summed E-state index contributed by atoms with van der Waals surface area (Å²) in [5.74, 6) is 0.814. The molecule has 4 heteroatoms. The van der Waals surface area contributed by atoms with Gasteiger partial charge in [0.05, 0.1) is 6.61 Å². The summed E-state index contributed by atoms with van der Waals surface area (Å²) in [6.07, 6.45) is 0. The second kappa shape index (κ2) is 8.59. The summed E-state index contributed by atoms with van der Waals surface area (Å²) in [5.41, 5.74) is 1.37. The minimum atomic E-state index is 0.0544. The van der Waals surface area contributed by atoms with Gasteiger partial charge >= 0.3 is 0 Å². The van der Waals surface area contributed by atoms with E-state index < -0.39 is 0 Å². The number of hydrogen-bond acceptors (Lipinski definition) is 2. The first kappa shape index (κ1) is 16.5. The van der Waals surface area contributed by atoms with Crippen molar-refractivity contribution in [2.45, 2.75) is 26.2 Å². The van der Waals surface area contributed by atoms with Crippen molar-refractivity contribution in [2.75, 3.05) is 33.4 Å². The summed E-state index contributed by atoms with van der Waals surface area (Å²) in [6, 6.07) is 10.5. The summed E-state index contributed by atoms with van der Waals surface area (Å²) >= 11 is 0. The number of rotatable bonds is 7. The summed E-state index contributed by atoms with van der Waals surface area (Å²) in [4.78, 5) is 4.22. The molecule has 0 aromatic heterocycles. The van der Waals surface area contributed by atoms with Gasteiger partial charge in [-0.05, 0) is 12.5 Å². The Labute approximate surface area is 122 Å². The molecule has 0 spiro atoms. The lowest BCUT2D eigenvalue weighted by atomic mass is 9.85. The van der Waals surface area contributed by atoms with Crippen molar-refractivity contribution < 1.29 is 4.74 Å². The number of nitrogens with zero attached hydrogens (tertiary/aromatic N) is 1. The highest BCUT2D eigenvalue weighted by molar-refractivity contribution is 5.79. The number of aliphatic imine (C=N–C) groups is 1. The van der Waals surface area contributed by atoms with E-state index >= 15 is 0 Å². The zero-order valence-electron chi connectivity index (χ0n) is 13.1. The monoisotopic (exact) mass is 277 g/mol. The fraction of sp³-hybridized carbons (Fsp3) is 0.562. The van der Waals surface area contributed by atoms with Gasteiger partial charge in [0.2, 0.25) is 0 Å². The predicted molar refractivity (Wildman–Crippen MR) is 85.3 cm³/mol. The third kappa shape index (κ3) is 5.61. The lowest BCUT2D eigenvalue weighted by Gasteiger charge is -2.26. The third-order valence-corrected chi connectivity index (χ3v) is 3.22. The van der Waals surface area contributed by atoms with Crippen molar-refractivity contribution in [2.24, 2.45) is 4.99 Å². The molecule has 112 valence electrons. The molecule has 0 radical (unpaired) electrons. The molecule has 1 aromatic carbocycles. The van der Waals surface area contributed by atoms with Crippen molar-refractivity contribution in [3.8, 4) is 0 Å². The van der Waals surface area contributed by atoms with Gasteiger partial charge < -0.3 is 15.4 Å². The first-order valence-corrected chi connectivity index (χ1v) is 7.18. The Balaban J connectivity index is 2.43. The normalized spacial score (nSPS) is 12.3. The van der Waals surface area contributed by atoms with E-state index in [2.05, 4.69) is 53.7 Å². The first-order chi connectivity index (χ1) is 9.60. The Bertz CT molecular complexity index is 401. The molecule has 0 saturated heterocycles. The zero-order chi connectivity index (χ0) is 14.8. The Hall–Kier alpha value is -1.55. The third-order valence-electron chi connectivity index (χ3n) is 3.22. The molecule has 0 atom stereocenters. The lowest BCUT2D eigenvalue weighted by molar-refractivity contribution is 0.152. The van der Waals surface area contributed by atoms with E-state index in [4.69, 9.17) is 4.74 Å². The van der Waals surface area contributed by atoms with Crippen molar-refractivity contribution in [3.63, 3.8) is 0 Å². The molecule has 0 aliphatic rings. The molecule has 0 aliphatic heterocycles. The number of nitrogens with one attached hydrogen (secondary N) is 2. The van der Waals surface area contributed by atoms with Gasteiger partial charge in [-0.15, -0.1) is 0 Å². The van der Waals surface area contributed by atoms with Gasteiger partial charge in [-0.1, -0.05) is 44.2 Å². The molecule has 0 amide bonds. The van der Waals surface area contributed by atoms with Crippen molar-refractivity contribution in [3.05, 3.63) is 35.9 Å². The minimum absolute atomic E-state index is 0.0544. The quantitative estimate of drug-likeness (QED) is 0.456. The van der Waals surface area contributed by atoms with Crippen LogP contribution in [0.5, 0.6) is 0 Å². The van der Waals surface area contributed by atoms with Crippen LogP contribution in [-0.2, 0) is 10.2 Å². The smallest absolute Gasteiger partial charge is 0.191 e. The fourth-order valence-electron chi connectivity index (χ4n) is 1.90. The molecule has 20 heavy (non-hydrogen) atoms. The molecule has 0 fully saturated rings. The Morgan fingerprint density at radius 1 is 1.20 bits per heavy atom. The summed E-state index contributed by atoms with van der Waals surface area (Å²) in [7, 11) is 1.78. The van der Waals surface area contributed by atoms with Gasteiger partial charge in [0, 0.05) is 32.2 Å². The minimum Gasteiger partial charge on any atom is -0.380 e. The average Bonchev–Trinajstić information content (AvgIpc) is 2.47. The maximum atomic E-state index is 5.30. The molecular formula is C16H27N3O. The van der Waals surface area contributed by atoms with Gasteiger partial charge in [-0.3, -0.25) is 4.99 Å². The van der Waals surface area contributed by atoms with Crippen molar-refractivity contribution >= 4 is 5.96 Å². The van der Waals surface area contributed by atoms with Crippen LogP contribution in [0.1, 0.15) is 26.3 Å². The SMILES string of the molecule is CCOCCNC(=NC)NCC(C)(C)c1ccccc1. The molecule has 0 unspecified atom stereocenters. The van der Waals surface area contributed by atoms with Crippen LogP contribution in [0.25, 0.3) is 0 Å². The zero-order valence-corrected chi connectivity index (χ0v) is 13.1. The molecule has 1 rings (SSSR count). The van der Waals surface area contributed by atoms with E-state index in [0.29, 0.717) is 6.61 Å². The van der Waals surface area contributed by atoms with Gasteiger partial charge in [0.25, 0.3) is 0 Å². The van der Waals surface area contributed by atoms with E-state index in [9.17, 15) is 0 Å². The van der Waals surface area contributed by atoms with E-state index in [1.807, 2.05) is 13.0 Å². The number of ether oxygens (including phenoxy) is 1. The summed E-state index contributed by atoms with van der Waals surface area (Å²) < 4.78 is 5.30. The van der Waals surface area contributed by atoms with Gasteiger partial charge in [-0.25, -0.2) is 0 Å². The van der Waals surface area contributed by atoms with E-state index in [1.54, 1.807) is 7.05 Å². The van der Waals surface area contributed by atoms with Crippen molar-refractivity contribution in [1.29, 1.82) is 0 Å². The topological polar surface area (TPSA) is 45.6 Å². The maximum Gasteiger partial charge on any atom is 0.191 e. The molecular weight excluding hydrogens is 250 g/mol. The lowest BCUT2D eigenvalue weighted by Crippen LogP contribution is -2.44. The summed E-state index contributed by atoms with van der Waals surface area (Å²) in [6.45, 7) is 9.47. The largest absolute Gasteiger partial charge is 0.380 e. The standard InChI is InChI=1S/C16H27N3O/c1-5-20-12-11-18-15(17-4)19-13-16(2,3)14-9-7-6-8-10-14/h6-10H,5,11-13H2,1-4H3,(H2,17,18,19). The van der Waals surface area contributed by atoms with Crippen molar-refractivity contribution in [1.82, 2.24) is 10.6 Å². The summed E-state index contributed by atoms with van der Waals surface area (Å²) in [5, 5.41) is 6.61. The van der Waals surface area contributed by atoms with E-state index in [1.165, 1.54) is 5.56 Å². The van der Waals surface area contributed by atoms with Gasteiger partial charge in [0.15, 0.2) is 5.96 Å². The maximum absolute atomic E-state index is 5.30. The molecule has 0 saturated carbocycles. The highest BCUT2D eigenvalue weighted by Crippen LogP contribution is 2.21. The highest BCUT2D eigenvalue weighted by Gasteiger charge is 2.20. The number of guanidine groups is 1.